The molecule has 128 valence electrons. The quantitative estimate of drug-likeness (QED) is 0.445. The maximum atomic E-state index is 4.45. The highest BCUT2D eigenvalue weighted by molar-refractivity contribution is 14.0. The van der Waals surface area contributed by atoms with Crippen molar-refractivity contribution in [2.75, 3.05) is 39.8 Å². The van der Waals surface area contributed by atoms with E-state index in [1.54, 1.807) is 0 Å². The smallest absolute Gasteiger partial charge is 0.193 e. The van der Waals surface area contributed by atoms with Gasteiger partial charge < -0.3 is 10.2 Å². The van der Waals surface area contributed by atoms with Gasteiger partial charge in [-0.1, -0.05) is 43.2 Å². The van der Waals surface area contributed by atoms with Crippen molar-refractivity contribution in [1.82, 2.24) is 15.1 Å². The molecule has 0 atom stereocenters. The Morgan fingerprint density at radius 3 is 2.43 bits per heavy atom. The van der Waals surface area contributed by atoms with E-state index in [1.165, 1.54) is 24.8 Å². The summed E-state index contributed by atoms with van der Waals surface area (Å²) in [5.41, 5.74) is 1.41. The van der Waals surface area contributed by atoms with Crippen LogP contribution in [0.5, 0.6) is 0 Å². The molecule has 0 radical (unpaired) electrons. The molecule has 0 unspecified atom stereocenters. The number of nitrogens with zero attached hydrogens (tertiary/aromatic N) is 3. The van der Waals surface area contributed by atoms with Crippen LogP contribution in [0.3, 0.4) is 0 Å². The summed E-state index contributed by atoms with van der Waals surface area (Å²) in [6.07, 6.45) is 4.16. The minimum absolute atomic E-state index is 0. The zero-order valence-electron chi connectivity index (χ0n) is 14.1. The number of rotatable bonds is 5. The van der Waals surface area contributed by atoms with Crippen LogP contribution in [0.1, 0.15) is 24.8 Å². The molecule has 0 spiro atoms. The van der Waals surface area contributed by atoms with Gasteiger partial charge in [0.15, 0.2) is 5.96 Å². The Balaban J connectivity index is 0.00000192. The van der Waals surface area contributed by atoms with E-state index in [0.29, 0.717) is 0 Å². The lowest BCUT2D eigenvalue weighted by Gasteiger charge is -2.36. The van der Waals surface area contributed by atoms with Crippen molar-refractivity contribution in [1.29, 1.82) is 0 Å². The average Bonchev–Trinajstić information content (AvgIpc) is 3.38. The number of guanidine groups is 1. The van der Waals surface area contributed by atoms with Crippen LogP contribution < -0.4 is 5.32 Å². The van der Waals surface area contributed by atoms with Gasteiger partial charge in [0.2, 0.25) is 0 Å². The number of benzene rings is 1. The van der Waals surface area contributed by atoms with Crippen LogP contribution in [-0.4, -0.2) is 55.5 Å². The molecule has 1 heterocycles. The van der Waals surface area contributed by atoms with E-state index in [0.717, 1.165) is 51.1 Å². The molecule has 2 fully saturated rings. The van der Waals surface area contributed by atoms with Crippen molar-refractivity contribution in [3.05, 3.63) is 35.9 Å². The first kappa shape index (κ1) is 18.5. The van der Waals surface area contributed by atoms with Gasteiger partial charge in [0.25, 0.3) is 0 Å². The maximum Gasteiger partial charge on any atom is 0.193 e. The number of nitrogens with one attached hydrogen (secondary N) is 1. The predicted molar refractivity (Wildman–Crippen MR) is 107 cm³/mol. The number of hydrogen-bond acceptors (Lipinski definition) is 2. The number of aliphatic imine (C=N–C) groups is 1. The molecule has 1 N–H and O–H groups in total. The molecule has 0 amide bonds. The van der Waals surface area contributed by atoms with Crippen LogP contribution in [0.25, 0.3) is 0 Å². The minimum Gasteiger partial charge on any atom is -0.356 e. The molecule has 1 aliphatic heterocycles. The van der Waals surface area contributed by atoms with E-state index >= 15 is 0 Å². The van der Waals surface area contributed by atoms with Gasteiger partial charge in [-0.05, 0) is 17.9 Å². The normalized spacial score (nSPS) is 19.3. The Morgan fingerprint density at radius 1 is 1.13 bits per heavy atom. The Bertz CT molecular complexity index is 479. The van der Waals surface area contributed by atoms with Gasteiger partial charge in [-0.3, -0.25) is 9.89 Å². The molecule has 1 saturated heterocycles. The van der Waals surface area contributed by atoms with Crippen LogP contribution in [0, 0.1) is 5.92 Å². The summed E-state index contributed by atoms with van der Waals surface area (Å²) in [6, 6.07) is 10.8. The summed E-state index contributed by atoms with van der Waals surface area (Å²) < 4.78 is 0. The lowest BCUT2D eigenvalue weighted by Crippen LogP contribution is -2.52. The monoisotopic (exact) mass is 428 g/mol. The Labute approximate surface area is 157 Å². The molecule has 4 nitrogen and oxygen atoms in total. The highest BCUT2D eigenvalue weighted by Crippen LogP contribution is 2.31. The van der Waals surface area contributed by atoms with Crippen molar-refractivity contribution < 1.29 is 0 Å². The van der Waals surface area contributed by atoms with Gasteiger partial charge in [0.1, 0.15) is 0 Å². The van der Waals surface area contributed by atoms with E-state index in [9.17, 15) is 0 Å². The molecular weight excluding hydrogens is 399 g/mol. The van der Waals surface area contributed by atoms with Crippen LogP contribution in [0.15, 0.2) is 35.3 Å². The van der Waals surface area contributed by atoms with E-state index < -0.39 is 0 Å². The van der Waals surface area contributed by atoms with E-state index in [4.69, 9.17) is 0 Å². The van der Waals surface area contributed by atoms with Crippen LogP contribution in [0.2, 0.25) is 0 Å². The third-order valence-electron chi connectivity index (χ3n) is 4.67. The SMILES string of the molecule is CN=C(NCCC1CC1)N1CCN(Cc2ccccc2)CC1.I. The zero-order chi connectivity index (χ0) is 15.2. The molecule has 1 aliphatic carbocycles. The van der Waals surface area contributed by atoms with E-state index in [1.807, 2.05) is 7.05 Å². The molecule has 1 aromatic rings. The first-order valence-electron chi connectivity index (χ1n) is 8.57. The fourth-order valence-electron chi connectivity index (χ4n) is 3.09. The van der Waals surface area contributed by atoms with Gasteiger partial charge in [-0.25, -0.2) is 0 Å². The summed E-state index contributed by atoms with van der Waals surface area (Å²) in [6.45, 7) is 6.48. The van der Waals surface area contributed by atoms with Crippen LogP contribution in [-0.2, 0) is 6.54 Å². The molecule has 23 heavy (non-hydrogen) atoms. The second-order valence-electron chi connectivity index (χ2n) is 6.45. The van der Waals surface area contributed by atoms with Crippen molar-refractivity contribution >= 4 is 29.9 Å². The summed E-state index contributed by atoms with van der Waals surface area (Å²) in [5.74, 6) is 2.06. The largest absolute Gasteiger partial charge is 0.356 e. The highest BCUT2D eigenvalue weighted by Gasteiger charge is 2.22. The summed E-state index contributed by atoms with van der Waals surface area (Å²) in [7, 11) is 1.90. The molecular formula is C18H29IN4. The van der Waals surface area contributed by atoms with Gasteiger partial charge in [-0.15, -0.1) is 24.0 Å². The van der Waals surface area contributed by atoms with Crippen molar-refractivity contribution in [3.8, 4) is 0 Å². The number of piperazine rings is 1. The third kappa shape index (κ3) is 5.95. The Morgan fingerprint density at radius 2 is 1.83 bits per heavy atom. The first-order valence-corrected chi connectivity index (χ1v) is 8.57. The summed E-state index contributed by atoms with van der Waals surface area (Å²) in [5, 5.41) is 3.53. The molecule has 1 saturated carbocycles. The van der Waals surface area contributed by atoms with Gasteiger partial charge in [0, 0.05) is 46.3 Å². The molecule has 1 aromatic carbocycles. The topological polar surface area (TPSA) is 30.9 Å². The molecule has 3 rings (SSSR count). The maximum absolute atomic E-state index is 4.45. The Kier molecular flexibility index (Phi) is 7.62. The lowest BCUT2D eigenvalue weighted by molar-refractivity contribution is 0.172. The van der Waals surface area contributed by atoms with Gasteiger partial charge in [0.05, 0.1) is 0 Å². The van der Waals surface area contributed by atoms with Crippen molar-refractivity contribution in [3.63, 3.8) is 0 Å². The zero-order valence-corrected chi connectivity index (χ0v) is 16.4. The van der Waals surface area contributed by atoms with E-state index in [2.05, 4.69) is 50.4 Å². The van der Waals surface area contributed by atoms with Gasteiger partial charge >= 0.3 is 0 Å². The van der Waals surface area contributed by atoms with Crippen LogP contribution in [0.4, 0.5) is 0 Å². The van der Waals surface area contributed by atoms with Crippen LogP contribution >= 0.6 is 24.0 Å². The number of halogens is 1. The number of hydrogen-bond donors (Lipinski definition) is 1. The fourth-order valence-corrected chi connectivity index (χ4v) is 3.09. The van der Waals surface area contributed by atoms with E-state index in [-0.39, 0.29) is 24.0 Å². The summed E-state index contributed by atoms with van der Waals surface area (Å²) >= 11 is 0. The minimum atomic E-state index is 0. The molecule has 5 heteroatoms. The standard InChI is InChI=1S/C18H28N4.HI/c1-19-18(20-10-9-16-7-8-16)22-13-11-21(12-14-22)15-17-5-3-2-4-6-17;/h2-6,16H,7-15H2,1H3,(H,19,20);1H. The molecule has 0 bridgehead atoms. The lowest BCUT2D eigenvalue weighted by atomic mass is 10.2. The third-order valence-corrected chi connectivity index (χ3v) is 4.67. The highest BCUT2D eigenvalue weighted by atomic mass is 127. The fraction of sp³-hybridized carbons (Fsp3) is 0.611. The predicted octanol–water partition coefficient (Wildman–Crippen LogP) is 2.80. The second-order valence-corrected chi connectivity index (χ2v) is 6.45. The Hall–Kier alpha value is -0.820. The van der Waals surface area contributed by atoms with Gasteiger partial charge in [-0.2, -0.15) is 0 Å². The van der Waals surface area contributed by atoms with Crippen molar-refractivity contribution in [2.24, 2.45) is 10.9 Å². The average molecular weight is 428 g/mol. The second kappa shape index (κ2) is 9.47. The summed E-state index contributed by atoms with van der Waals surface area (Å²) in [4.78, 5) is 9.38. The molecule has 0 aromatic heterocycles. The molecule has 2 aliphatic rings. The first-order chi connectivity index (χ1) is 10.8. The van der Waals surface area contributed by atoms with Crippen molar-refractivity contribution in [2.45, 2.75) is 25.8 Å².